The molecule has 2 rings (SSSR count). The predicted molar refractivity (Wildman–Crippen MR) is 51.3 cm³/mol. The first-order valence-corrected chi connectivity index (χ1v) is 5.48. The van der Waals surface area contributed by atoms with Crippen LogP contribution in [0.3, 0.4) is 0 Å². The van der Waals surface area contributed by atoms with Gasteiger partial charge in [0.15, 0.2) is 0 Å². The molecule has 0 saturated heterocycles. The van der Waals surface area contributed by atoms with Crippen molar-refractivity contribution in [1.29, 1.82) is 0 Å². The van der Waals surface area contributed by atoms with Crippen LogP contribution in [-0.2, 0) is 10.1 Å². The van der Waals surface area contributed by atoms with E-state index in [2.05, 4.69) is 0 Å². The Hall–Kier alpha value is -1.27. The fraction of sp³-hybridized carbons (Fsp3) is 0.250. The number of nitrogens with zero attached hydrogens (tertiary/aromatic N) is 2. The Kier molecular flexibility index (Phi) is 1.90. The fourth-order valence-electron chi connectivity index (χ4n) is 1.45. The summed E-state index contributed by atoms with van der Waals surface area (Å²) < 4.78 is 30.5. The first-order chi connectivity index (χ1) is 6.48. The first-order valence-electron chi connectivity index (χ1n) is 4.04. The summed E-state index contributed by atoms with van der Waals surface area (Å²) >= 11 is 0. The lowest BCUT2D eigenvalue weighted by Crippen LogP contribution is -2.33. The molecule has 0 saturated carbocycles. The Labute approximate surface area is 82.4 Å². The normalized spacial score (nSPS) is 25.3. The minimum atomic E-state index is -4.10. The van der Waals surface area contributed by atoms with Crippen LogP contribution in [0.4, 0.5) is 0 Å². The number of allylic oxidation sites excluding steroid dienone is 1. The topological polar surface area (TPSA) is 60.9 Å². The van der Waals surface area contributed by atoms with E-state index < -0.39 is 10.1 Å². The molecule has 0 aromatic heterocycles. The molecule has 2 heterocycles. The molecule has 1 unspecified atom stereocenters. The van der Waals surface area contributed by atoms with E-state index in [-0.39, 0.29) is 11.1 Å². The van der Waals surface area contributed by atoms with Gasteiger partial charge in [0.1, 0.15) is 11.1 Å². The van der Waals surface area contributed by atoms with Crippen LogP contribution in [0.1, 0.15) is 0 Å². The van der Waals surface area contributed by atoms with E-state index in [9.17, 15) is 8.42 Å². The maximum atomic E-state index is 10.8. The number of likely N-dealkylation sites (N-methyl/N-ethyl adjacent to an activating group) is 1. The highest BCUT2D eigenvalue weighted by Crippen LogP contribution is 2.23. The molecule has 2 aliphatic heterocycles. The zero-order chi connectivity index (χ0) is 10.3. The highest BCUT2D eigenvalue weighted by molar-refractivity contribution is 7.90. The summed E-state index contributed by atoms with van der Waals surface area (Å²) in [5.74, 6) is 0. The van der Waals surface area contributed by atoms with Crippen molar-refractivity contribution in [2.75, 3.05) is 7.05 Å². The molecule has 14 heavy (non-hydrogen) atoms. The second-order valence-electron chi connectivity index (χ2n) is 3.19. The molecule has 2 aliphatic rings. The average Bonchev–Trinajstić information content (AvgIpc) is 2.46. The van der Waals surface area contributed by atoms with Crippen molar-refractivity contribution < 1.29 is 13.0 Å². The van der Waals surface area contributed by atoms with Crippen molar-refractivity contribution in [3.05, 3.63) is 35.7 Å². The summed E-state index contributed by atoms with van der Waals surface area (Å²) in [7, 11) is -2.22. The zero-order valence-electron chi connectivity index (χ0n) is 7.53. The molecule has 0 aliphatic carbocycles. The monoisotopic (exact) mass is 214 g/mol. The van der Waals surface area contributed by atoms with Gasteiger partial charge in [0.2, 0.25) is 0 Å². The Balaban J connectivity index is 2.34. The van der Waals surface area contributed by atoms with Gasteiger partial charge in [-0.15, -0.1) is 0 Å². The highest BCUT2D eigenvalue weighted by atomic mass is 32.2. The van der Waals surface area contributed by atoms with Gasteiger partial charge < -0.3 is 9.80 Å². The van der Waals surface area contributed by atoms with Crippen LogP contribution in [0.5, 0.6) is 0 Å². The molecule has 76 valence electrons. The molecule has 1 N–H and O–H groups in total. The maximum absolute atomic E-state index is 10.8. The molecule has 6 heteroatoms. The molecular weight excluding hydrogens is 204 g/mol. The van der Waals surface area contributed by atoms with E-state index in [0.717, 1.165) is 0 Å². The summed E-state index contributed by atoms with van der Waals surface area (Å²) in [6.07, 6.45) is 8.11. The molecule has 1 atom stereocenters. The van der Waals surface area contributed by atoms with E-state index in [1.807, 2.05) is 18.1 Å². The van der Waals surface area contributed by atoms with Crippen LogP contribution in [0, 0.1) is 0 Å². The van der Waals surface area contributed by atoms with Crippen molar-refractivity contribution in [3.8, 4) is 0 Å². The van der Waals surface area contributed by atoms with Crippen LogP contribution in [-0.4, -0.2) is 36.0 Å². The highest BCUT2D eigenvalue weighted by Gasteiger charge is 2.25. The van der Waals surface area contributed by atoms with Crippen molar-refractivity contribution in [3.63, 3.8) is 0 Å². The minimum Gasteiger partial charge on any atom is -0.356 e. The smallest absolute Gasteiger partial charge is 0.295 e. The van der Waals surface area contributed by atoms with Crippen LogP contribution >= 0.6 is 0 Å². The van der Waals surface area contributed by atoms with Crippen LogP contribution in [0.2, 0.25) is 0 Å². The number of hydrogen-bond acceptors (Lipinski definition) is 4. The molecule has 0 aromatic carbocycles. The van der Waals surface area contributed by atoms with Gasteiger partial charge in [-0.2, -0.15) is 8.42 Å². The Morgan fingerprint density at radius 2 is 2.14 bits per heavy atom. The molecule has 5 nitrogen and oxygen atoms in total. The molecule has 0 fully saturated rings. The van der Waals surface area contributed by atoms with Crippen LogP contribution in [0.25, 0.3) is 0 Å². The van der Waals surface area contributed by atoms with Crippen molar-refractivity contribution in [2.45, 2.75) is 6.17 Å². The average molecular weight is 214 g/mol. The van der Waals surface area contributed by atoms with Gasteiger partial charge in [-0.25, -0.2) is 0 Å². The van der Waals surface area contributed by atoms with Gasteiger partial charge >= 0.3 is 0 Å². The zero-order valence-corrected chi connectivity index (χ0v) is 8.35. The molecule has 0 aromatic rings. The summed E-state index contributed by atoms with van der Waals surface area (Å²) in [6.45, 7) is 0. The number of fused-ring (bicyclic) bond motifs is 1. The van der Waals surface area contributed by atoms with Crippen LogP contribution < -0.4 is 0 Å². The van der Waals surface area contributed by atoms with Gasteiger partial charge in [-0.05, 0) is 12.2 Å². The molecule has 0 spiro atoms. The third-order valence-corrected chi connectivity index (χ3v) is 3.04. The number of hydrogen-bond donors (Lipinski definition) is 1. The van der Waals surface area contributed by atoms with Gasteiger partial charge in [0.25, 0.3) is 10.1 Å². The van der Waals surface area contributed by atoms with E-state index in [0.29, 0.717) is 0 Å². The SMILES string of the molecule is CN1C=CN2C=C(S(=O)(=O)O)C=CC12. The quantitative estimate of drug-likeness (QED) is 0.637. The second-order valence-corrected chi connectivity index (χ2v) is 4.61. The summed E-state index contributed by atoms with van der Waals surface area (Å²) in [4.78, 5) is 3.55. The second kappa shape index (κ2) is 2.86. The fourth-order valence-corrected chi connectivity index (χ4v) is 1.95. The minimum absolute atomic E-state index is 0.0144. The van der Waals surface area contributed by atoms with Crippen molar-refractivity contribution in [2.24, 2.45) is 0 Å². The third-order valence-electron chi connectivity index (χ3n) is 2.20. The van der Waals surface area contributed by atoms with Crippen molar-refractivity contribution >= 4 is 10.1 Å². The lowest BCUT2D eigenvalue weighted by atomic mass is 10.3. The largest absolute Gasteiger partial charge is 0.356 e. The van der Waals surface area contributed by atoms with Gasteiger partial charge in [-0.1, -0.05) is 0 Å². The summed E-state index contributed by atoms with van der Waals surface area (Å²) in [6, 6.07) is 0. The molecule has 0 bridgehead atoms. The Morgan fingerprint density at radius 3 is 2.79 bits per heavy atom. The number of rotatable bonds is 1. The van der Waals surface area contributed by atoms with E-state index in [4.69, 9.17) is 4.55 Å². The third kappa shape index (κ3) is 1.42. The molecule has 0 radical (unpaired) electrons. The van der Waals surface area contributed by atoms with E-state index in [1.54, 1.807) is 17.2 Å². The Bertz CT molecular complexity index is 436. The standard InChI is InChI=1S/C8H10N2O3S/c1-9-4-5-10-6-7(14(11,12)13)2-3-8(9)10/h2-6,8H,1H3,(H,11,12,13). The van der Waals surface area contributed by atoms with Crippen molar-refractivity contribution in [1.82, 2.24) is 9.80 Å². The van der Waals surface area contributed by atoms with E-state index >= 15 is 0 Å². The Morgan fingerprint density at radius 1 is 1.43 bits per heavy atom. The van der Waals surface area contributed by atoms with Gasteiger partial charge in [0, 0.05) is 25.6 Å². The first kappa shape index (κ1) is 9.29. The van der Waals surface area contributed by atoms with Crippen LogP contribution in [0.15, 0.2) is 35.7 Å². The van der Waals surface area contributed by atoms with Gasteiger partial charge in [-0.3, -0.25) is 4.55 Å². The lowest BCUT2D eigenvalue weighted by Gasteiger charge is -2.27. The van der Waals surface area contributed by atoms with E-state index in [1.165, 1.54) is 12.3 Å². The lowest BCUT2D eigenvalue weighted by molar-refractivity contribution is 0.275. The molecule has 0 amide bonds. The predicted octanol–water partition coefficient (Wildman–Crippen LogP) is 0.330. The maximum Gasteiger partial charge on any atom is 0.295 e. The summed E-state index contributed by atoms with van der Waals surface area (Å²) in [5, 5.41) is 0. The molecular formula is C8H10N2O3S. The van der Waals surface area contributed by atoms with Gasteiger partial charge in [0.05, 0.1) is 0 Å². The summed E-state index contributed by atoms with van der Waals surface area (Å²) in [5.41, 5.74) is 0.